The van der Waals surface area contributed by atoms with Crippen LogP contribution in [0, 0.1) is 0 Å². The van der Waals surface area contributed by atoms with Gasteiger partial charge in [-0.05, 0) is 30.7 Å². The van der Waals surface area contributed by atoms with Crippen LogP contribution >= 0.6 is 27.5 Å². The number of likely N-dealkylation sites (N-methyl/N-ethyl adjacent to an activating group) is 1. The van der Waals surface area contributed by atoms with Gasteiger partial charge in [0.15, 0.2) is 0 Å². The summed E-state index contributed by atoms with van der Waals surface area (Å²) in [4.78, 5) is 7.14. The Kier molecular flexibility index (Phi) is 6.03. The van der Waals surface area contributed by atoms with E-state index in [4.69, 9.17) is 21.3 Å². The average Bonchev–Trinajstić information content (AvgIpc) is 2.73. The van der Waals surface area contributed by atoms with Crippen molar-refractivity contribution in [2.75, 3.05) is 38.8 Å². The highest BCUT2D eigenvalue weighted by Gasteiger charge is 2.38. The van der Waals surface area contributed by atoms with Crippen LogP contribution in [0.1, 0.15) is 17.5 Å². The van der Waals surface area contributed by atoms with Crippen LogP contribution in [0.2, 0.25) is 5.02 Å². The van der Waals surface area contributed by atoms with Crippen LogP contribution in [-0.2, 0) is 4.74 Å². The molecule has 6 heteroatoms. The Morgan fingerprint density at radius 1 is 1.27 bits per heavy atom. The Balaban J connectivity index is 2.23. The predicted molar refractivity (Wildman–Crippen MR) is 111 cm³/mol. The molecule has 0 amide bonds. The van der Waals surface area contributed by atoms with Crippen LogP contribution < -0.4 is 4.90 Å². The van der Waals surface area contributed by atoms with Crippen LogP contribution in [0.25, 0.3) is 0 Å². The van der Waals surface area contributed by atoms with Crippen molar-refractivity contribution in [1.29, 1.82) is 0 Å². The number of hydrogen-bond donors (Lipinski definition) is 1. The highest BCUT2D eigenvalue weighted by Crippen LogP contribution is 2.36. The third-order valence-electron chi connectivity index (χ3n) is 4.94. The molecule has 0 fully saturated rings. The highest BCUT2D eigenvalue weighted by atomic mass is 79.9. The van der Waals surface area contributed by atoms with Gasteiger partial charge in [-0.2, -0.15) is 0 Å². The molecule has 138 valence electrons. The summed E-state index contributed by atoms with van der Waals surface area (Å²) in [5.74, 6) is 0. The molecule has 0 radical (unpaired) electrons. The van der Waals surface area contributed by atoms with Gasteiger partial charge in [0, 0.05) is 47.1 Å². The van der Waals surface area contributed by atoms with Crippen molar-refractivity contribution < 1.29 is 9.84 Å². The lowest BCUT2D eigenvalue weighted by atomic mass is 9.93. The number of hydrogen-bond acceptors (Lipinski definition) is 4. The molecule has 0 aromatic heterocycles. The molecule has 0 saturated heterocycles. The number of halogens is 2. The third-order valence-corrected chi connectivity index (χ3v) is 5.76. The smallest absolute Gasteiger partial charge is 0.0848 e. The van der Waals surface area contributed by atoms with Crippen molar-refractivity contribution in [3.05, 3.63) is 63.1 Å². The van der Waals surface area contributed by atoms with E-state index in [2.05, 4.69) is 33.0 Å². The Morgan fingerprint density at radius 2 is 2.04 bits per heavy atom. The molecule has 1 aliphatic heterocycles. The molecule has 2 aromatic carbocycles. The zero-order chi connectivity index (χ0) is 18.7. The van der Waals surface area contributed by atoms with Crippen LogP contribution in [0.3, 0.4) is 0 Å². The number of nitrogens with zero attached hydrogens (tertiary/aromatic N) is 2. The van der Waals surface area contributed by atoms with Crippen molar-refractivity contribution in [2.24, 2.45) is 4.99 Å². The van der Waals surface area contributed by atoms with Gasteiger partial charge >= 0.3 is 0 Å². The number of benzene rings is 2. The topological polar surface area (TPSA) is 45.1 Å². The van der Waals surface area contributed by atoms with E-state index in [1.54, 1.807) is 7.11 Å². The van der Waals surface area contributed by atoms with Crippen molar-refractivity contribution in [2.45, 2.75) is 12.0 Å². The lowest BCUT2D eigenvalue weighted by molar-refractivity contribution is 0.113. The fourth-order valence-corrected chi connectivity index (χ4v) is 4.07. The van der Waals surface area contributed by atoms with Gasteiger partial charge in [0.05, 0.1) is 24.4 Å². The zero-order valence-corrected chi connectivity index (χ0v) is 17.2. The monoisotopic (exact) mass is 436 g/mol. The number of rotatable bonds is 5. The Bertz CT molecular complexity index is 819. The molecule has 0 bridgehead atoms. The molecule has 1 atom stereocenters. The maximum atomic E-state index is 9.68. The summed E-state index contributed by atoms with van der Waals surface area (Å²) in [5, 5.41) is 10.3. The van der Waals surface area contributed by atoms with Gasteiger partial charge in [0.2, 0.25) is 0 Å². The molecule has 1 N–H and O–H groups in total. The van der Waals surface area contributed by atoms with Crippen LogP contribution in [0.15, 0.2) is 51.9 Å². The molecule has 1 heterocycles. The molecule has 1 unspecified atom stereocenters. The summed E-state index contributed by atoms with van der Waals surface area (Å²) in [7, 11) is 3.71. The van der Waals surface area contributed by atoms with Crippen molar-refractivity contribution in [3.63, 3.8) is 0 Å². The second-order valence-corrected chi connectivity index (χ2v) is 7.82. The molecule has 26 heavy (non-hydrogen) atoms. The number of ether oxygens (including phenoxy) is 1. The number of fused-ring (bicyclic) bond motifs is 1. The summed E-state index contributed by atoms with van der Waals surface area (Å²) >= 11 is 10.0. The van der Waals surface area contributed by atoms with E-state index in [0.29, 0.717) is 24.6 Å². The normalized spacial score (nSPS) is 19.7. The first-order valence-electron chi connectivity index (χ1n) is 8.45. The minimum atomic E-state index is -0.422. The second kappa shape index (κ2) is 8.09. The Hall–Kier alpha value is -1.40. The predicted octanol–water partition coefficient (Wildman–Crippen LogP) is 4.16. The van der Waals surface area contributed by atoms with E-state index >= 15 is 0 Å². The summed E-state index contributed by atoms with van der Waals surface area (Å²) < 4.78 is 6.49. The molecular weight excluding hydrogens is 416 g/mol. The van der Waals surface area contributed by atoms with Gasteiger partial charge in [-0.1, -0.05) is 45.7 Å². The van der Waals surface area contributed by atoms with Crippen LogP contribution in [-0.4, -0.2) is 50.3 Å². The van der Waals surface area contributed by atoms with Gasteiger partial charge in [0.1, 0.15) is 0 Å². The maximum Gasteiger partial charge on any atom is 0.0848 e. The van der Waals surface area contributed by atoms with Crippen LogP contribution in [0.4, 0.5) is 5.69 Å². The molecule has 3 rings (SSSR count). The molecule has 0 saturated carbocycles. The summed E-state index contributed by atoms with van der Waals surface area (Å²) in [5.41, 5.74) is 3.38. The molecule has 0 aliphatic carbocycles. The summed E-state index contributed by atoms with van der Waals surface area (Å²) in [6, 6.07) is 13.9. The van der Waals surface area contributed by atoms with E-state index in [0.717, 1.165) is 27.0 Å². The van der Waals surface area contributed by atoms with Gasteiger partial charge in [-0.15, -0.1) is 0 Å². The molecular formula is C20H22BrClN2O2. The van der Waals surface area contributed by atoms with Crippen LogP contribution in [0.5, 0.6) is 0 Å². The van der Waals surface area contributed by atoms with E-state index in [1.807, 2.05) is 37.4 Å². The van der Waals surface area contributed by atoms with Crippen molar-refractivity contribution >= 4 is 38.9 Å². The zero-order valence-electron chi connectivity index (χ0n) is 14.9. The maximum absolute atomic E-state index is 9.68. The van der Waals surface area contributed by atoms with Gasteiger partial charge in [-0.25, -0.2) is 0 Å². The first-order chi connectivity index (χ1) is 12.5. The number of aliphatic imine (C=N–C) groups is 1. The van der Waals surface area contributed by atoms with E-state index in [9.17, 15) is 5.11 Å². The highest BCUT2D eigenvalue weighted by molar-refractivity contribution is 9.10. The Labute approximate surface area is 167 Å². The number of anilines is 1. The average molecular weight is 438 g/mol. The van der Waals surface area contributed by atoms with Gasteiger partial charge < -0.3 is 14.7 Å². The number of aliphatic hydroxyl groups excluding tert-OH is 1. The largest absolute Gasteiger partial charge is 0.396 e. The third kappa shape index (κ3) is 3.54. The fourth-order valence-electron chi connectivity index (χ4n) is 3.49. The minimum absolute atomic E-state index is 0.0660. The first-order valence-corrected chi connectivity index (χ1v) is 9.62. The van der Waals surface area contributed by atoms with E-state index in [-0.39, 0.29) is 6.61 Å². The second-order valence-electron chi connectivity index (χ2n) is 6.50. The molecule has 1 aliphatic rings. The summed E-state index contributed by atoms with van der Waals surface area (Å²) in [6.07, 6.45) is 0.562. The van der Waals surface area contributed by atoms with Gasteiger partial charge in [-0.3, -0.25) is 4.99 Å². The van der Waals surface area contributed by atoms with Gasteiger partial charge in [0.25, 0.3) is 0 Å². The van der Waals surface area contributed by atoms with Crippen molar-refractivity contribution in [1.82, 2.24) is 0 Å². The quantitative estimate of drug-likeness (QED) is 0.764. The molecule has 2 aromatic rings. The lowest BCUT2D eigenvalue weighted by Gasteiger charge is -2.41. The molecule has 4 nitrogen and oxygen atoms in total. The lowest BCUT2D eigenvalue weighted by Crippen LogP contribution is -2.53. The fraction of sp³-hybridized carbons (Fsp3) is 0.350. The standard InChI is InChI=1S/C20H22BrClN2O2/c1-24-18-8-7-14(21)11-16(18)19(15-5-3-4-6-17(15)22)23-12-20(24,9-10-25)13-26-2/h3-8,11,25H,9-10,12-13H2,1-2H3. The SMILES string of the molecule is COCC1(CCO)CN=C(c2ccccc2Cl)c2cc(Br)ccc2N1C. The van der Waals surface area contributed by atoms with E-state index < -0.39 is 5.54 Å². The minimum Gasteiger partial charge on any atom is -0.396 e. The molecule has 0 spiro atoms. The Morgan fingerprint density at radius 3 is 2.73 bits per heavy atom. The van der Waals surface area contributed by atoms with Crippen molar-refractivity contribution in [3.8, 4) is 0 Å². The number of aliphatic hydroxyl groups is 1. The number of benzodiazepines with no additional fused rings is 1. The van der Waals surface area contributed by atoms with E-state index in [1.165, 1.54) is 0 Å². The summed E-state index contributed by atoms with van der Waals surface area (Å²) in [6.45, 7) is 1.04. The first kappa shape index (κ1) is 19.4. The number of methoxy groups -OCH3 is 1.